The first-order chi connectivity index (χ1) is 4.66. The van der Waals surface area contributed by atoms with Gasteiger partial charge in [0.05, 0.1) is 12.7 Å². The molecule has 0 aromatic heterocycles. The first-order valence-corrected chi connectivity index (χ1v) is 3.17. The molecule has 0 aromatic carbocycles. The van der Waals surface area contributed by atoms with Gasteiger partial charge in [0.25, 0.3) is 0 Å². The summed E-state index contributed by atoms with van der Waals surface area (Å²) in [5.74, 6) is -0.870. The highest BCUT2D eigenvalue weighted by molar-refractivity contribution is 5.66. The van der Waals surface area contributed by atoms with E-state index in [0.717, 1.165) is 0 Å². The number of aliphatic hydroxyl groups excluding tert-OH is 2. The largest absolute Gasteiger partial charge is 0.481 e. The molecular weight excluding hydrogens is 136 g/mol. The molecule has 0 aliphatic carbocycles. The van der Waals surface area contributed by atoms with Crippen LogP contribution < -0.4 is 0 Å². The average Bonchev–Trinajstić information content (AvgIpc) is 1.87. The van der Waals surface area contributed by atoms with Crippen molar-refractivity contribution in [1.82, 2.24) is 0 Å². The molecule has 0 unspecified atom stereocenters. The van der Waals surface area contributed by atoms with Gasteiger partial charge >= 0.3 is 5.97 Å². The van der Waals surface area contributed by atoms with E-state index in [4.69, 9.17) is 15.3 Å². The van der Waals surface area contributed by atoms with Gasteiger partial charge in [-0.25, -0.2) is 0 Å². The maximum absolute atomic E-state index is 9.92. The molecule has 4 heteroatoms. The van der Waals surface area contributed by atoms with Crippen LogP contribution in [0.25, 0.3) is 0 Å². The number of hydrogen-bond acceptors (Lipinski definition) is 3. The van der Waals surface area contributed by atoms with Crippen LogP contribution in [0.1, 0.15) is 19.3 Å². The lowest BCUT2D eigenvalue weighted by molar-refractivity contribution is -0.137. The molecule has 0 saturated carbocycles. The zero-order chi connectivity index (χ0) is 7.98. The van der Waals surface area contributed by atoms with Crippen LogP contribution >= 0.6 is 0 Å². The third-order valence-electron chi connectivity index (χ3n) is 1.14. The number of hydrogen-bond donors (Lipinski definition) is 3. The van der Waals surface area contributed by atoms with Gasteiger partial charge in [0.15, 0.2) is 0 Å². The molecule has 0 fully saturated rings. The fourth-order valence-electron chi connectivity index (χ4n) is 0.580. The van der Waals surface area contributed by atoms with Gasteiger partial charge in [0.1, 0.15) is 0 Å². The van der Waals surface area contributed by atoms with Gasteiger partial charge in [-0.2, -0.15) is 0 Å². The fourth-order valence-corrected chi connectivity index (χ4v) is 0.580. The monoisotopic (exact) mass is 148 g/mol. The van der Waals surface area contributed by atoms with E-state index in [0.29, 0.717) is 12.8 Å². The van der Waals surface area contributed by atoms with E-state index in [9.17, 15) is 4.79 Å². The summed E-state index contributed by atoms with van der Waals surface area (Å²) in [7, 11) is 0. The van der Waals surface area contributed by atoms with Crippen LogP contribution in [0, 0.1) is 0 Å². The summed E-state index contributed by atoms with van der Waals surface area (Å²) in [5.41, 5.74) is 0. The molecule has 0 heterocycles. The lowest BCUT2D eigenvalue weighted by Gasteiger charge is -2.03. The molecule has 0 rings (SSSR count). The molecule has 0 bridgehead atoms. The van der Waals surface area contributed by atoms with Crippen molar-refractivity contribution < 1.29 is 20.1 Å². The van der Waals surface area contributed by atoms with Gasteiger partial charge < -0.3 is 15.3 Å². The highest BCUT2D eigenvalue weighted by atomic mass is 16.4. The second-order valence-electron chi connectivity index (χ2n) is 2.12. The van der Waals surface area contributed by atoms with Crippen LogP contribution in [0.3, 0.4) is 0 Å². The van der Waals surface area contributed by atoms with Crippen molar-refractivity contribution in [1.29, 1.82) is 0 Å². The molecular formula is C6H12O4. The molecule has 0 radical (unpaired) electrons. The maximum atomic E-state index is 9.92. The Balaban J connectivity index is 3.11. The van der Waals surface area contributed by atoms with Crippen LogP contribution in [0.15, 0.2) is 0 Å². The van der Waals surface area contributed by atoms with Crippen molar-refractivity contribution >= 4 is 5.97 Å². The quantitative estimate of drug-likeness (QED) is 0.495. The van der Waals surface area contributed by atoms with E-state index in [1.165, 1.54) is 0 Å². The number of aliphatic hydroxyl groups is 2. The Bertz CT molecular complexity index is 102. The predicted octanol–water partition coefficient (Wildman–Crippen LogP) is -0.406. The zero-order valence-electron chi connectivity index (χ0n) is 5.66. The van der Waals surface area contributed by atoms with Gasteiger partial charge in [0.2, 0.25) is 0 Å². The number of carboxylic acid groups (broad SMARTS) is 1. The SMILES string of the molecule is O=C(O)CCC[C@H](O)CO. The molecule has 1 atom stereocenters. The van der Waals surface area contributed by atoms with E-state index in [1.54, 1.807) is 0 Å². The van der Waals surface area contributed by atoms with Crippen molar-refractivity contribution in [3.8, 4) is 0 Å². The Morgan fingerprint density at radius 2 is 2.10 bits per heavy atom. The van der Waals surface area contributed by atoms with Gasteiger partial charge in [-0.15, -0.1) is 0 Å². The van der Waals surface area contributed by atoms with Crippen molar-refractivity contribution in [2.45, 2.75) is 25.4 Å². The summed E-state index contributed by atoms with van der Waals surface area (Å²) in [6, 6.07) is 0. The molecule has 0 amide bonds. The van der Waals surface area contributed by atoms with Crippen molar-refractivity contribution in [3.05, 3.63) is 0 Å². The molecule has 60 valence electrons. The van der Waals surface area contributed by atoms with Gasteiger partial charge in [-0.05, 0) is 12.8 Å². The summed E-state index contributed by atoms with van der Waals surface area (Å²) in [4.78, 5) is 9.92. The van der Waals surface area contributed by atoms with Crippen molar-refractivity contribution in [2.75, 3.05) is 6.61 Å². The van der Waals surface area contributed by atoms with E-state index < -0.39 is 12.1 Å². The summed E-state index contributed by atoms with van der Waals surface area (Å²) in [5, 5.41) is 25.2. The summed E-state index contributed by atoms with van der Waals surface area (Å²) in [6.45, 7) is -0.292. The molecule has 10 heavy (non-hydrogen) atoms. The Kier molecular flexibility index (Phi) is 4.88. The molecule has 0 saturated heterocycles. The summed E-state index contributed by atoms with van der Waals surface area (Å²) in [6.07, 6.45) is 0.0519. The predicted molar refractivity (Wildman–Crippen MR) is 34.6 cm³/mol. The lowest BCUT2D eigenvalue weighted by atomic mass is 10.2. The molecule has 3 N–H and O–H groups in total. The topological polar surface area (TPSA) is 77.8 Å². The lowest BCUT2D eigenvalue weighted by Crippen LogP contribution is -2.11. The van der Waals surface area contributed by atoms with E-state index in [2.05, 4.69) is 0 Å². The van der Waals surface area contributed by atoms with Crippen LogP contribution in [-0.4, -0.2) is 34.0 Å². The molecule has 0 aliphatic heterocycles. The maximum Gasteiger partial charge on any atom is 0.303 e. The van der Waals surface area contributed by atoms with Gasteiger partial charge in [0, 0.05) is 6.42 Å². The first kappa shape index (κ1) is 9.39. The Morgan fingerprint density at radius 3 is 2.50 bits per heavy atom. The Morgan fingerprint density at radius 1 is 1.50 bits per heavy atom. The van der Waals surface area contributed by atoms with Crippen LogP contribution in [-0.2, 0) is 4.79 Å². The average molecular weight is 148 g/mol. The Labute approximate surface area is 59.1 Å². The second kappa shape index (κ2) is 5.20. The summed E-state index contributed by atoms with van der Waals surface area (Å²) < 4.78 is 0. The van der Waals surface area contributed by atoms with Crippen LogP contribution in [0.4, 0.5) is 0 Å². The van der Waals surface area contributed by atoms with Crippen molar-refractivity contribution in [2.24, 2.45) is 0 Å². The highest BCUT2D eigenvalue weighted by Gasteiger charge is 2.02. The fraction of sp³-hybridized carbons (Fsp3) is 0.833. The minimum atomic E-state index is -0.870. The van der Waals surface area contributed by atoms with Crippen LogP contribution in [0.2, 0.25) is 0 Å². The minimum absolute atomic E-state index is 0.0526. The van der Waals surface area contributed by atoms with E-state index in [-0.39, 0.29) is 13.0 Å². The molecule has 0 aromatic rings. The van der Waals surface area contributed by atoms with Gasteiger partial charge in [-0.1, -0.05) is 0 Å². The van der Waals surface area contributed by atoms with E-state index >= 15 is 0 Å². The normalized spacial score (nSPS) is 13.0. The van der Waals surface area contributed by atoms with E-state index in [1.807, 2.05) is 0 Å². The number of aliphatic carboxylic acids is 1. The standard InChI is InChI=1S/C6H12O4/c7-4-5(8)2-1-3-6(9)10/h5,7-8H,1-4H2,(H,9,10)/t5-/m0/s1. The number of carbonyl (C=O) groups is 1. The molecule has 4 nitrogen and oxygen atoms in total. The summed E-state index contributed by atoms with van der Waals surface area (Å²) >= 11 is 0. The smallest absolute Gasteiger partial charge is 0.303 e. The molecule has 0 spiro atoms. The zero-order valence-corrected chi connectivity index (χ0v) is 5.66. The first-order valence-electron chi connectivity index (χ1n) is 3.17. The van der Waals surface area contributed by atoms with Crippen LogP contribution in [0.5, 0.6) is 0 Å². The number of carboxylic acids is 1. The molecule has 0 aliphatic rings. The third kappa shape index (κ3) is 5.53. The third-order valence-corrected chi connectivity index (χ3v) is 1.14. The second-order valence-corrected chi connectivity index (χ2v) is 2.12. The highest BCUT2D eigenvalue weighted by Crippen LogP contribution is 1.99. The number of rotatable bonds is 5. The minimum Gasteiger partial charge on any atom is -0.481 e. The van der Waals surface area contributed by atoms with Crippen molar-refractivity contribution in [3.63, 3.8) is 0 Å². The van der Waals surface area contributed by atoms with Gasteiger partial charge in [-0.3, -0.25) is 4.79 Å². The Hall–Kier alpha value is -0.610.